The van der Waals surface area contributed by atoms with Crippen molar-refractivity contribution in [3.05, 3.63) is 16.0 Å². The third-order valence-corrected chi connectivity index (χ3v) is 3.93. The van der Waals surface area contributed by atoms with Crippen molar-refractivity contribution in [1.29, 1.82) is 0 Å². The van der Waals surface area contributed by atoms with Crippen LogP contribution in [0.25, 0.3) is 0 Å². The quantitative estimate of drug-likeness (QED) is 0.781. The molecule has 1 saturated heterocycles. The minimum absolute atomic E-state index is 0.805. The second-order valence-corrected chi connectivity index (χ2v) is 6.02. The molecule has 16 heavy (non-hydrogen) atoms. The SMILES string of the molecule is CC(C)C1CCN(c2ncc(I)cn2)CC1. The summed E-state index contributed by atoms with van der Waals surface area (Å²) in [4.78, 5) is 11.1. The van der Waals surface area contributed by atoms with Crippen molar-refractivity contribution >= 4 is 28.5 Å². The van der Waals surface area contributed by atoms with Crippen LogP contribution in [0, 0.1) is 15.4 Å². The zero-order chi connectivity index (χ0) is 11.5. The summed E-state index contributed by atoms with van der Waals surface area (Å²) >= 11 is 2.24. The van der Waals surface area contributed by atoms with Crippen LogP contribution in [0.4, 0.5) is 5.95 Å². The van der Waals surface area contributed by atoms with E-state index in [0.29, 0.717) is 0 Å². The lowest BCUT2D eigenvalue weighted by Crippen LogP contribution is -2.36. The van der Waals surface area contributed by atoms with Gasteiger partial charge in [-0.2, -0.15) is 0 Å². The van der Waals surface area contributed by atoms with Crippen LogP contribution in [0.1, 0.15) is 26.7 Å². The first-order valence-electron chi connectivity index (χ1n) is 5.89. The second kappa shape index (κ2) is 5.29. The molecule has 0 saturated carbocycles. The standard InChI is InChI=1S/C12H18IN3/c1-9(2)10-3-5-16(6-4-10)12-14-7-11(13)8-15-12/h7-10H,3-6H2,1-2H3. The second-order valence-electron chi connectivity index (χ2n) is 4.77. The van der Waals surface area contributed by atoms with Gasteiger partial charge in [0.15, 0.2) is 0 Å². The molecule has 0 unspecified atom stereocenters. The van der Waals surface area contributed by atoms with Crippen molar-refractivity contribution in [2.45, 2.75) is 26.7 Å². The molecular formula is C12H18IN3. The Balaban J connectivity index is 1.96. The molecule has 1 aliphatic rings. The molecule has 1 fully saturated rings. The van der Waals surface area contributed by atoms with E-state index >= 15 is 0 Å². The van der Waals surface area contributed by atoms with E-state index < -0.39 is 0 Å². The third-order valence-electron chi connectivity index (χ3n) is 3.37. The van der Waals surface area contributed by atoms with Crippen molar-refractivity contribution in [1.82, 2.24) is 9.97 Å². The highest BCUT2D eigenvalue weighted by atomic mass is 127. The van der Waals surface area contributed by atoms with Gasteiger partial charge in [-0.3, -0.25) is 0 Å². The van der Waals surface area contributed by atoms with Crippen LogP contribution < -0.4 is 4.90 Å². The van der Waals surface area contributed by atoms with Gasteiger partial charge in [0, 0.05) is 29.1 Å². The minimum atomic E-state index is 0.805. The molecule has 1 aromatic rings. The molecule has 4 heteroatoms. The number of piperidine rings is 1. The molecule has 0 aliphatic carbocycles. The zero-order valence-corrected chi connectivity index (χ0v) is 12.0. The van der Waals surface area contributed by atoms with Gasteiger partial charge in [-0.05, 0) is 47.3 Å². The van der Waals surface area contributed by atoms with E-state index in [1.54, 1.807) is 0 Å². The van der Waals surface area contributed by atoms with Crippen LogP contribution in [-0.4, -0.2) is 23.1 Å². The summed E-state index contributed by atoms with van der Waals surface area (Å²) in [5, 5.41) is 0. The Kier molecular flexibility index (Phi) is 4.00. The van der Waals surface area contributed by atoms with Gasteiger partial charge in [0.1, 0.15) is 0 Å². The summed E-state index contributed by atoms with van der Waals surface area (Å²) in [5.41, 5.74) is 0. The number of anilines is 1. The highest BCUT2D eigenvalue weighted by molar-refractivity contribution is 14.1. The Morgan fingerprint density at radius 2 is 1.81 bits per heavy atom. The lowest BCUT2D eigenvalue weighted by molar-refractivity contribution is 0.310. The molecule has 3 nitrogen and oxygen atoms in total. The number of hydrogen-bond donors (Lipinski definition) is 0. The van der Waals surface area contributed by atoms with Crippen molar-refractivity contribution in [3.8, 4) is 0 Å². The van der Waals surface area contributed by atoms with E-state index in [1.807, 2.05) is 12.4 Å². The van der Waals surface area contributed by atoms with Gasteiger partial charge in [0.25, 0.3) is 0 Å². The van der Waals surface area contributed by atoms with Gasteiger partial charge in [0.05, 0.1) is 0 Å². The average molecular weight is 331 g/mol. The molecule has 0 spiro atoms. The number of hydrogen-bond acceptors (Lipinski definition) is 3. The highest BCUT2D eigenvalue weighted by Gasteiger charge is 2.22. The summed E-state index contributed by atoms with van der Waals surface area (Å²) in [6.45, 7) is 6.84. The van der Waals surface area contributed by atoms with Crippen LogP contribution in [0.2, 0.25) is 0 Å². The molecule has 1 aliphatic heterocycles. The van der Waals surface area contributed by atoms with E-state index in [-0.39, 0.29) is 0 Å². The van der Waals surface area contributed by atoms with Gasteiger partial charge >= 0.3 is 0 Å². The number of aromatic nitrogens is 2. The van der Waals surface area contributed by atoms with Gasteiger partial charge < -0.3 is 4.90 Å². The smallest absolute Gasteiger partial charge is 0.225 e. The fourth-order valence-corrected chi connectivity index (χ4v) is 2.51. The van der Waals surface area contributed by atoms with Gasteiger partial charge in [-0.1, -0.05) is 13.8 Å². The fourth-order valence-electron chi connectivity index (χ4n) is 2.23. The van der Waals surface area contributed by atoms with Crippen LogP contribution in [-0.2, 0) is 0 Å². The largest absolute Gasteiger partial charge is 0.341 e. The lowest BCUT2D eigenvalue weighted by Gasteiger charge is -2.33. The lowest BCUT2D eigenvalue weighted by atomic mass is 9.87. The zero-order valence-electron chi connectivity index (χ0n) is 9.86. The third kappa shape index (κ3) is 2.84. The Bertz CT molecular complexity index is 329. The van der Waals surface area contributed by atoms with Gasteiger partial charge in [-0.25, -0.2) is 9.97 Å². The first kappa shape index (κ1) is 12.1. The minimum Gasteiger partial charge on any atom is -0.341 e. The van der Waals surface area contributed by atoms with E-state index in [0.717, 1.165) is 34.4 Å². The monoisotopic (exact) mass is 331 g/mol. The maximum Gasteiger partial charge on any atom is 0.225 e. The predicted molar refractivity (Wildman–Crippen MR) is 74.5 cm³/mol. The first-order valence-corrected chi connectivity index (χ1v) is 6.97. The molecule has 0 aromatic carbocycles. The summed E-state index contributed by atoms with van der Waals surface area (Å²) in [6.07, 6.45) is 6.31. The molecule has 0 atom stereocenters. The van der Waals surface area contributed by atoms with Crippen molar-refractivity contribution in [2.24, 2.45) is 11.8 Å². The normalized spacial score (nSPS) is 18.1. The van der Waals surface area contributed by atoms with Crippen LogP contribution in [0.5, 0.6) is 0 Å². The molecule has 2 heterocycles. The van der Waals surface area contributed by atoms with Gasteiger partial charge in [0.2, 0.25) is 5.95 Å². The molecular weight excluding hydrogens is 313 g/mol. The number of rotatable bonds is 2. The molecule has 2 rings (SSSR count). The molecule has 0 amide bonds. The molecule has 0 N–H and O–H groups in total. The van der Waals surface area contributed by atoms with Crippen molar-refractivity contribution in [3.63, 3.8) is 0 Å². The Morgan fingerprint density at radius 1 is 1.25 bits per heavy atom. The van der Waals surface area contributed by atoms with Crippen molar-refractivity contribution < 1.29 is 0 Å². The topological polar surface area (TPSA) is 29.0 Å². The number of nitrogens with zero attached hydrogens (tertiary/aromatic N) is 3. The molecule has 0 radical (unpaired) electrons. The maximum absolute atomic E-state index is 4.38. The van der Waals surface area contributed by atoms with E-state index in [1.165, 1.54) is 12.8 Å². The molecule has 0 bridgehead atoms. The predicted octanol–water partition coefficient (Wildman–Crippen LogP) is 2.95. The van der Waals surface area contributed by atoms with E-state index in [2.05, 4.69) is 51.3 Å². The average Bonchev–Trinajstić information content (AvgIpc) is 2.30. The summed E-state index contributed by atoms with van der Waals surface area (Å²) in [6, 6.07) is 0. The summed E-state index contributed by atoms with van der Waals surface area (Å²) in [5.74, 6) is 2.57. The Morgan fingerprint density at radius 3 is 2.31 bits per heavy atom. The Hall–Kier alpha value is -0.390. The molecule has 88 valence electrons. The van der Waals surface area contributed by atoms with Crippen LogP contribution in [0.15, 0.2) is 12.4 Å². The van der Waals surface area contributed by atoms with Gasteiger partial charge in [-0.15, -0.1) is 0 Å². The van der Waals surface area contributed by atoms with E-state index in [4.69, 9.17) is 0 Å². The van der Waals surface area contributed by atoms with E-state index in [9.17, 15) is 0 Å². The summed E-state index contributed by atoms with van der Waals surface area (Å²) < 4.78 is 1.10. The summed E-state index contributed by atoms with van der Waals surface area (Å²) in [7, 11) is 0. The maximum atomic E-state index is 4.38. The van der Waals surface area contributed by atoms with Crippen LogP contribution >= 0.6 is 22.6 Å². The Labute approximate surface area is 111 Å². The van der Waals surface area contributed by atoms with Crippen molar-refractivity contribution in [2.75, 3.05) is 18.0 Å². The molecule has 1 aromatic heterocycles. The van der Waals surface area contributed by atoms with Crippen LogP contribution in [0.3, 0.4) is 0 Å². The highest BCUT2D eigenvalue weighted by Crippen LogP contribution is 2.26. The fraction of sp³-hybridized carbons (Fsp3) is 0.667. The number of halogens is 1. The first-order chi connectivity index (χ1) is 7.66.